The highest BCUT2D eigenvalue weighted by atomic mass is 35.5. The Morgan fingerprint density at radius 1 is 1.10 bits per heavy atom. The molecule has 0 aromatic heterocycles. The molecule has 0 aromatic carbocycles. The maximum atomic E-state index is 12.5. The zero-order valence-corrected chi connectivity index (χ0v) is 18.5. The smallest absolute Gasteiger partial charge is 0.340 e. The summed E-state index contributed by atoms with van der Waals surface area (Å²) in [6, 6.07) is -0.314. The number of halogens is 1. The number of alkyl halides is 1. The lowest BCUT2D eigenvalue weighted by Gasteiger charge is -2.60. The number of carbonyl (C=O) groups is 1. The highest BCUT2D eigenvalue weighted by Crippen LogP contribution is 2.66. The normalized spacial score (nSPS) is 46.2. The Bertz CT molecular complexity index is 649. The number of carbonyl (C=O) groups excluding carboxylic acids is 1. The van der Waals surface area contributed by atoms with Crippen LogP contribution in [0, 0.1) is 39.4 Å². The fourth-order valence-electron chi connectivity index (χ4n) is 7.96. The van der Waals surface area contributed by atoms with Gasteiger partial charge in [0.1, 0.15) is 0 Å². The van der Waals surface area contributed by atoms with Crippen LogP contribution in [0.25, 0.3) is 0 Å². The first-order chi connectivity index (χ1) is 13.8. The first kappa shape index (κ1) is 21.4. The van der Waals surface area contributed by atoms with E-state index in [0.29, 0.717) is 17.3 Å². The monoisotopic (exact) mass is 425 g/mol. The minimum Gasteiger partial charge on any atom is -0.393 e. The molecule has 4 aliphatic rings. The molecule has 2 amide bonds. The van der Waals surface area contributed by atoms with Gasteiger partial charge in [-0.05, 0) is 92.3 Å². The Morgan fingerprint density at radius 3 is 2.55 bits per heavy atom. The number of rotatable bonds is 4. The van der Waals surface area contributed by atoms with Crippen LogP contribution in [0.1, 0.15) is 71.6 Å². The number of fused-ring (bicyclic) bond motifs is 5. The van der Waals surface area contributed by atoms with E-state index in [1.165, 1.54) is 19.3 Å². The number of aliphatic hydroxyl groups is 1. The van der Waals surface area contributed by atoms with E-state index in [1.807, 2.05) is 0 Å². The second kappa shape index (κ2) is 7.99. The summed E-state index contributed by atoms with van der Waals surface area (Å²) in [5.41, 5.74) is 0.452. The molecular formula is C22H36ClN3O3. The fraction of sp³-hybridized carbons (Fsp3) is 0.955. The summed E-state index contributed by atoms with van der Waals surface area (Å²) in [6.45, 7) is 4.99. The fourth-order valence-corrected chi connectivity index (χ4v) is 8.12. The third kappa shape index (κ3) is 3.48. The van der Waals surface area contributed by atoms with Crippen LogP contribution < -0.4 is 5.32 Å². The van der Waals surface area contributed by atoms with Crippen molar-refractivity contribution in [3.63, 3.8) is 0 Å². The van der Waals surface area contributed by atoms with E-state index < -0.39 is 6.03 Å². The molecule has 2 N–H and O–H groups in total. The van der Waals surface area contributed by atoms with Crippen molar-refractivity contribution >= 4 is 17.6 Å². The van der Waals surface area contributed by atoms with E-state index >= 15 is 0 Å². The van der Waals surface area contributed by atoms with Crippen LogP contribution in [0.15, 0.2) is 5.29 Å². The summed E-state index contributed by atoms with van der Waals surface area (Å²) in [5, 5.41) is 17.1. The molecule has 0 spiro atoms. The van der Waals surface area contributed by atoms with Crippen molar-refractivity contribution in [1.82, 2.24) is 10.3 Å². The maximum Gasteiger partial charge on any atom is 0.340 e. The molecule has 8 atom stereocenters. The summed E-state index contributed by atoms with van der Waals surface area (Å²) in [5.74, 6) is 2.95. The summed E-state index contributed by atoms with van der Waals surface area (Å²) in [7, 11) is 0. The third-order valence-corrected chi connectivity index (χ3v) is 9.73. The van der Waals surface area contributed by atoms with Gasteiger partial charge in [0.15, 0.2) is 0 Å². The van der Waals surface area contributed by atoms with Gasteiger partial charge in [0.05, 0.1) is 17.9 Å². The molecule has 0 aliphatic heterocycles. The first-order valence-corrected chi connectivity index (χ1v) is 12.0. The van der Waals surface area contributed by atoms with Gasteiger partial charge in [-0.3, -0.25) is 0 Å². The van der Waals surface area contributed by atoms with Gasteiger partial charge in [-0.1, -0.05) is 13.8 Å². The number of urea groups is 1. The lowest BCUT2D eigenvalue weighted by atomic mass is 9.45. The summed E-state index contributed by atoms with van der Waals surface area (Å²) < 4.78 is 0. The van der Waals surface area contributed by atoms with Crippen LogP contribution in [0.4, 0.5) is 4.79 Å². The number of nitroso groups, excluding NO2 is 1. The van der Waals surface area contributed by atoms with Crippen LogP contribution in [-0.2, 0) is 0 Å². The first-order valence-electron chi connectivity index (χ1n) is 11.5. The topological polar surface area (TPSA) is 82.0 Å². The van der Waals surface area contributed by atoms with Gasteiger partial charge in [-0.2, -0.15) is 5.01 Å². The maximum absolute atomic E-state index is 12.5. The number of nitrogens with zero attached hydrogens (tertiary/aromatic N) is 2. The second-order valence-corrected chi connectivity index (χ2v) is 11.0. The summed E-state index contributed by atoms with van der Waals surface area (Å²) in [6.07, 6.45) is 9.93. The Hall–Kier alpha value is -0.880. The molecule has 0 heterocycles. The van der Waals surface area contributed by atoms with Crippen LogP contribution in [0.2, 0.25) is 0 Å². The molecule has 6 nitrogen and oxygen atoms in total. The zero-order chi connectivity index (χ0) is 20.8. The minimum atomic E-state index is -0.411. The number of nitrogens with one attached hydrogen (secondary N) is 1. The van der Waals surface area contributed by atoms with E-state index in [2.05, 4.69) is 24.5 Å². The standard InChI is InChI=1S/C22H36ClN3O3/c1-21-9-7-15(27)13-14(21)3-4-16-17-5-6-19(22(17,2)10-8-18(16)21)24-20(28)26(25-29)12-11-23/h14-19,27H,3-13H2,1-2H3,(H,24,28)/t14-,15-,16+,17+,18+,19+,21+,22+/m1/s1. The van der Waals surface area contributed by atoms with Crippen molar-refractivity contribution in [3.05, 3.63) is 4.91 Å². The third-order valence-electron chi connectivity index (χ3n) is 9.57. The van der Waals surface area contributed by atoms with Crippen molar-refractivity contribution in [2.24, 2.45) is 39.8 Å². The van der Waals surface area contributed by atoms with Crippen molar-refractivity contribution < 1.29 is 9.90 Å². The van der Waals surface area contributed by atoms with E-state index in [9.17, 15) is 14.8 Å². The molecule has 4 rings (SSSR count). The zero-order valence-electron chi connectivity index (χ0n) is 17.8. The van der Waals surface area contributed by atoms with Gasteiger partial charge in [0, 0.05) is 11.9 Å². The predicted octanol–water partition coefficient (Wildman–Crippen LogP) is 4.69. The predicted molar refractivity (Wildman–Crippen MR) is 113 cm³/mol. The Labute approximate surface area is 179 Å². The van der Waals surface area contributed by atoms with Gasteiger partial charge < -0.3 is 10.4 Å². The lowest BCUT2D eigenvalue weighted by molar-refractivity contribution is -0.123. The molecule has 7 heteroatoms. The number of hydrogen-bond donors (Lipinski definition) is 2. The van der Waals surface area contributed by atoms with E-state index in [-0.39, 0.29) is 30.0 Å². The molecule has 4 aliphatic carbocycles. The highest BCUT2D eigenvalue weighted by molar-refractivity contribution is 6.18. The van der Waals surface area contributed by atoms with Gasteiger partial charge in [0.25, 0.3) is 0 Å². The molecule has 0 radical (unpaired) electrons. The van der Waals surface area contributed by atoms with Crippen molar-refractivity contribution in [1.29, 1.82) is 0 Å². The van der Waals surface area contributed by atoms with E-state index in [0.717, 1.165) is 55.4 Å². The summed E-state index contributed by atoms with van der Waals surface area (Å²) in [4.78, 5) is 23.5. The average molecular weight is 426 g/mol. The number of aliphatic hydroxyl groups excluding tert-OH is 1. The van der Waals surface area contributed by atoms with E-state index in [1.54, 1.807) is 0 Å². The van der Waals surface area contributed by atoms with Crippen LogP contribution in [0.5, 0.6) is 0 Å². The van der Waals surface area contributed by atoms with E-state index in [4.69, 9.17) is 11.6 Å². The van der Waals surface area contributed by atoms with Gasteiger partial charge in [-0.25, -0.2) is 4.79 Å². The molecule has 0 aromatic rings. The minimum absolute atomic E-state index is 0.0870. The second-order valence-electron chi connectivity index (χ2n) is 10.6. The van der Waals surface area contributed by atoms with Gasteiger partial charge in [0.2, 0.25) is 0 Å². The molecule has 29 heavy (non-hydrogen) atoms. The van der Waals surface area contributed by atoms with Crippen LogP contribution in [0.3, 0.4) is 0 Å². The number of amides is 2. The van der Waals surface area contributed by atoms with Crippen LogP contribution in [-0.4, -0.2) is 40.7 Å². The lowest BCUT2D eigenvalue weighted by Crippen LogP contribution is -2.56. The Morgan fingerprint density at radius 2 is 1.83 bits per heavy atom. The molecule has 0 saturated heterocycles. The van der Waals surface area contributed by atoms with Crippen molar-refractivity contribution in [2.75, 3.05) is 12.4 Å². The Kier molecular flexibility index (Phi) is 5.88. The highest BCUT2D eigenvalue weighted by Gasteiger charge is 2.60. The van der Waals surface area contributed by atoms with Gasteiger partial charge in [-0.15, -0.1) is 16.5 Å². The molecular weight excluding hydrogens is 390 g/mol. The largest absolute Gasteiger partial charge is 0.393 e. The molecule has 4 fully saturated rings. The van der Waals surface area contributed by atoms with Crippen LogP contribution >= 0.6 is 11.6 Å². The molecule has 4 saturated carbocycles. The number of hydrogen-bond acceptors (Lipinski definition) is 4. The van der Waals surface area contributed by atoms with Crippen molar-refractivity contribution in [3.8, 4) is 0 Å². The van der Waals surface area contributed by atoms with Crippen molar-refractivity contribution in [2.45, 2.75) is 83.8 Å². The quantitative estimate of drug-likeness (QED) is 0.389. The average Bonchev–Trinajstić information content (AvgIpc) is 3.03. The van der Waals surface area contributed by atoms with Gasteiger partial charge >= 0.3 is 6.03 Å². The Balaban J connectivity index is 1.49. The summed E-state index contributed by atoms with van der Waals surface area (Å²) >= 11 is 5.69. The molecule has 0 unspecified atom stereocenters. The SMILES string of the molecule is C[C@]12CC[C@@H](O)C[C@H]1CC[C@@H]1[C@@H]2CC[C@]2(C)[C@@H](NC(=O)N(CCCl)N=O)CC[C@@H]12. The molecule has 0 bridgehead atoms. The molecule has 164 valence electrons.